The molecule has 5 nitrogen and oxygen atoms in total. The van der Waals surface area contributed by atoms with Crippen LogP contribution < -0.4 is 5.73 Å². The maximum absolute atomic E-state index is 12.0. The van der Waals surface area contributed by atoms with Crippen LogP contribution in [-0.4, -0.2) is 32.8 Å². The monoisotopic (exact) mass is 188 g/mol. The van der Waals surface area contributed by atoms with Crippen LogP contribution in [0.5, 0.6) is 0 Å². The summed E-state index contributed by atoms with van der Waals surface area (Å²) in [5.41, 5.74) is 5.93. The zero-order valence-electron chi connectivity index (χ0n) is 7.39. The molecule has 74 valence electrons. The van der Waals surface area contributed by atoms with Crippen molar-refractivity contribution in [2.75, 3.05) is 6.67 Å². The Labute approximate surface area is 75.4 Å². The van der Waals surface area contributed by atoms with Gasteiger partial charge in [0.25, 0.3) is 0 Å². The van der Waals surface area contributed by atoms with Crippen molar-refractivity contribution in [2.24, 2.45) is 5.73 Å². The van der Waals surface area contributed by atoms with Crippen molar-refractivity contribution in [3.8, 4) is 0 Å². The summed E-state index contributed by atoms with van der Waals surface area (Å²) < 4.78 is 13.3. The first-order valence-corrected chi connectivity index (χ1v) is 4.04. The lowest BCUT2D eigenvalue weighted by Gasteiger charge is -2.14. The van der Waals surface area contributed by atoms with Gasteiger partial charge in [-0.2, -0.15) is 0 Å². The molecule has 0 saturated heterocycles. The third kappa shape index (κ3) is 2.22. The van der Waals surface area contributed by atoms with Crippen molar-refractivity contribution < 1.29 is 9.50 Å². The molecule has 0 spiro atoms. The molecule has 0 aliphatic rings. The van der Waals surface area contributed by atoms with Gasteiger partial charge in [0.1, 0.15) is 12.8 Å². The SMILES string of the molecule is CC(N)C(O)c1cnnn1CCF. The standard InChI is InChI=1S/C7H13FN4O/c1-5(9)7(13)6-4-10-11-12(6)3-2-8/h4-5,7,13H,2-3,9H2,1H3. The summed E-state index contributed by atoms with van der Waals surface area (Å²) in [6.45, 7) is 1.22. The zero-order valence-corrected chi connectivity index (χ0v) is 7.39. The van der Waals surface area contributed by atoms with Crippen molar-refractivity contribution in [1.82, 2.24) is 15.0 Å². The van der Waals surface area contributed by atoms with Crippen LogP contribution >= 0.6 is 0 Å². The topological polar surface area (TPSA) is 77.0 Å². The second-order valence-corrected chi connectivity index (χ2v) is 2.87. The van der Waals surface area contributed by atoms with E-state index in [1.54, 1.807) is 6.92 Å². The third-order valence-electron chi connectivity index (χ3n) is 1.75. The number of aromatic nitrogens is 3. The van der Waals surface area contributed by atoms with Gasteiger partial charge in [0.2, 0.25) is 0 Å². The minimum atomic E-state index is -0.846. The molecule has 0 aliphatic carbocycles. The predicted octanol–water partition coefficient (Wildman–Crippen LogP) is -0.372. The van der Waals surface area contributed by atoms with Gasteiger partial charge in [-0.05, 0) is 6.92 Å². The average molecular weight is 188 g/mol. The fraction of sp³-hybridized carbons (Fsp3) is 0.714. The number of nitrogens with zero attached hydrogens (tertiary/aromatic N) is 3. The van der Waals surface area contributed by atoms with Crippen LogP contribution in [0.4, 0.5) is 4.39 Å². The van der Waals surface area contributed by atoms with E-state index in [2.05, 4.69) is 10.3 Å². The number of hydrogen-bond donors (Lipinski definition) is 2. The number of aryl methyl sites for hydroxylation is 1. The van der Waals surface area contributed by atoms with E-state index in [4.69, 9.17) is 5.73 Å². The fourth-order valence-corrected chi connectivity index (χ4v) is 1.02. The van der Waals surface area contributed by atoms with Gasteiger partial charge in [-0.1, -0.05) is 5.21 Å². The van der Waals surface area contributed by atoms with Crippen LogP contribution in [0.2, 0.25) is 0 Å². The minimum Gasteiger partial charge on any atom is -0.385 e. The lowest BCUT2D eigenvalue weighted by molar-refractivity contribution is 0.142. The molecule has 0 aromatic carbocycles. The Morgan fingerprint density at radius 2 is 2.46 bits per heavy atom. The normalized spacial score (nSPS) is 15.7. The number of hydrogen-bond acceptors (Lipinski definition) is 4. The summed E-state index contributed by atoms with van der Waals surface area (Å²) in [5.74, 6) is 0. The van der Waals surface area contributed by atoms with Crippen molar-refractivity contribution in [2.45, 2.75) is 25.6 Å². The highest BCUT2D eigenvalue weighted by Crippen LogP contribution is 2.13. The molecule has 2 unspecified atom stereocenters. The Balaban J connectivity index is 2.80. The molecule has 1 rings (SSSR count). The van der Waals surface area contributed by atoms with Crippen molar-refractivity contribution >= 4 is 0 Å². The second kappa shape index (κ2) is 4.29. The smallest absolute Gasteiger partial charge is 0.112 e. The van der Waals surface area contributed by atoms with Crippen LogP contribution in [0.15, 0.2) is 6.20 Å². The van der Waals surface area contributed by atoms with Crippen molar-refractivity contribution in [3.05, 3.63) is 11.9 Å². The molecule has 0 aliphatic heterocycles. The van der Waals surface area contributed by atoms with Gasteiger partial charge in [0.15, 0.2) is 0 Å². The summed E-state index contributed by atoms with van der Waals surface area (Å²) in [4.78, 5) is 0. The highest BCUT2D eigenvalue weighted by Gasteiger charge is 2.17. The predicted molar refractivity (Wildman–Crippen MR) is 44.6 cm³/mol. The molecule has 1 heterocycles. The molecular weight excluding hydrogens is 175 g/mol. The number of aliphatic hydroxyl groups excluding tert-OH is 1. The Morgan fingerprint density at radius 1 is 1.77 bits per heavy atom. The van der Waals surface area contributed by atoms with Crippen molar-refractivity contribution in [1.29, 1.82) is 0 Å². The van der Waals surface area contributed by atoms with Crippen LogP contribution in [-0.2, 0) is 6.54 Å². The van der Waals surface area contributed by atoms with E-state index in [-0.39, 0.29) is 6.54 Å². The summed E-state index contributed by atoms with van der Waals surface area (Å²) in [7, 11) is 0. The Kier molecular flexibility index (Phi) is 3.32. The summed E-state index contributed by atoms with van der Waals surface area (Å²) in [6.07, 6.45) is 0.547. The van der Waals surface area contributed by atoms with Gasteiger partial charge in [0, 0.05) is 6.04 Å². The van der Waals surface area contributed by atoms with E-state index >= 15 is 0 Å². The average Bonchev–Trinajstić information content (AvgIpc) is 2.52. The van der Waals surface area contributed by atoms with Gasteiger partial charge in [0.05, 0.1) is 18.4 Å². The van der Waals surface area contributed by atoms with Crippen LogP contribution in [0.25, 0.3) is 0 Å². The van der Waals surface area contributed by atoms with Gasteiger partial charge in [-0.3, -0.25) is 0 Å². The van der Waals surface area contributed by atoms with Crippen LogP contribution in [0, 0.1) is 0 Å². The van der Waals surface area contributed by atoms with Crippen molar-refractivity contribution in [3.63, 3.8) is 0 Å². The Bertz CT molecular complexity index is 263. The zero-order chi connectivity index (χ0) is 9.84. The van der Waals surface area contributed by atoms with E-state index in [1.165, 1.54) is 10.9 Å². The summed E-state index contributed by atoms with van der Waals surface area (Å²) in [6, 6.07) is -0.420. The molecule has 0 amide bonds. The van der Waals surface area contributed by atoms with Crippen LogP contribution in [0.1, 0.15) is 18.7 Å². The second-order valence-electron chi connectivity index (χ2n) is 2.87. The molecule has 2 atom stereocenters. The largest absolute Gasteiger partial charge is 0.385 e. The van der Waals surface area contributed by atoms with E-state index < -0.39 is 18.8 Å². The fourth-order valence-electron chi connectivity index (χ4n) is 1.02. The van der Waals surface area contributed by atoms with Gasteiger partial charge >= 0.3 is 0 Å². The molecule has 3 N–H and O–H groups in total. The number of rotatable bonds is 4. The quantitative estimate of drug-likeness (QED) is 0.675. The molecular formula is C7H13FN4O. The van der Waals surface area contributed by atoms with E-state index in [1.807, 2.05) is 0 Å². The van der Waals surface area contributed by atoms with E-state index in [9.17, 15) is 9.50 Å². The molecule has 6 heteroatoms. The molecule has 1 aromatic rings. The van der Waals surface area contributed by atoms with Gasteiger partial charge < -0.3 is 10.8 Å². The molecule has 0 radical (unpaired) electrons. The number of halogens is 1. The molecule has 1 aromatic heterocycles. The Morgan fingerprint density at radius 3 is 3.00 bits per heavy atom. The maximum Gasteiger partial charge on any atom is 0.112 e. The lowest BCUT2D eigenvalue weighted by atomic mass is 10.1. The highest BCUT2D eigenvalue weighted by molar-refractivity contribution is 5.01. The lowest BCUT2D eigenvalue weighted by Crippen LogP contribution is -2.26. The first kappa shape index (κ1) is 10.1. The summed E-state index contributed by atoms with van der Waals surface area (Å²) >= 11 is 0. The molecule has 0 bridgehead atoms. The number of alkyl halides is 1. The third-order valence-corrected chi connectivity index (χ3v) is 1.75. The number of nitrogens with two attached hydrogens (primary N) is 1. The minimum absolute atomic E-state index is 0.0963. The Hall–Kier alpha value is -1.01. The molecule has 0 fully saturated rings. The molecule has 0 saturated carbocycles. The van der Waals surface area contributed by atoms with Gasteiger partial charge in [-0.25, -0.2) is 9.07 Å². The first-order valence-electron chi connectivity index (χ1n) is 4.04. The number of aliphatic hydroxyl groups is 1. The highest BCUT2D eigenvalue weighted by atomic mass is 19.1. The van der Waals surface area contributed by atoms with E-state index in [0.717, 1.165) is 0 Å². The van der Waals surface area contributed by atoms with E-state index in [0.29, 0.717) is 5.69 Å². The maximum atomic E-state index is 12.0. The first-order chi connectivity index (χ1) is 6.16. The molecule has 13 heavy (non-hydrogen) atoms. The van der Waals surface area contributed by atoms with Crippen LogP contribution in [0.3, 0.4) is 0 Å². The van der Waals surface area contributed by atoms with Gasteiger partial charge in [-0.15, -0.1) is 5.10 Å². The summed E-state index contributed by atoms with van der Waals surface area (Å²) in [5, 5.41) is 16.7.